The number of aliphatic hydroxyl groups is 1. The number of hydrogen-bond donors (Lipinski definition) is 1. The Hall–Kier alpha value is 0.110. The van der Waals surface area contributed by atoms with Gasteiger partial charge in [-0.1, -0.05) is 20.3 Å². The number of rotatable bonds is 2. The van der Waals surface area contributed by atoms with Gasteiger partial charge in [-0.2, -0.15) is 8.78 Å². The number of hydrogen-bond acceptors (Lipinski definition) is 1. The van der Waals surface area contributed by atoms with E-state index in [1.165, 1.54) is 0 Å². The van der Waals surface area contributed by atoms with Crippen molar-refractivity contribution in [3.63, 3.8) is 0 Å². The quantitative estimate of drug-likeness (QED) is 0.717. The first-order valence-corrected chi connectivity index (χ1v) is 5.45. The summed E-state index contributed by atoms with van der Waals surface area (Å²) in [5.41, 5.74) is 0. The number of aliphatic hydroxyl groups excluding tert-OH is 1. The van der Waals surface area contributed by atoms with E-state index < -0.39 is 11.5 Å². The van der Waals surface area contributed by atoms with Gasteiger partial charge in [0.05, 0.1) is 0 Å². The molecule has 0 saturated heterocycles. The average molecular weight is 227 g/mol. The zero-order chi connectivity index (χ0) is 10.9. The van der Waals surface area contributed by atoms with Crippen LogP contribution in [0.25, 0.3) is 0 Å². The molecule has 1 aliphatic rings. The normalized spacial score (nSPS) is 36.9. The molecule has 1 nitrogen and oxygen atoms in total. The third kappa shape index (κ3) is 2.80. The van der Waals surface area contributed by atoms with E-state index in [1.54, 1.807) is 0 Å². The fourth-order valence-electron chi connectivity index (χ4n) is 2.14. The molecule has 1 N–H and O–H groups in total. The summed E-state index contributed by atoms with van der Waals surface area (Å²) in [6.07, 6.45) is 0.495. The Bertz CT molecular complexity index is 193. The monoisotopic (exact) mass is 226 g/mol. The first-order valence-electron chi connectivity index (χ1n) is 5.07. The summed E-state index contributed by atoms with van der Waals surface area (Å²) in [5, 5.41) is 5.85. The van der Waals surface area contributed by atoms with Crippen molar-refractivity contribution in [2.24, 2.45) is 17.8 Å². The van der Waals surface area contributed by atoms with Crippen molar-refractivity contribution >= 4 is 11.6 Å². The molecule has 0 bridgehead atoms. The minimum atomic E-state index is -3.48. The molecule has 1 rings (SSSR count). The van der Waals surface area contributed by atoms with Crippen LogP contribution in [-0.4, -0.2) is 16.6 Å². The van der Waals surface area contributed by atoms with Crippen LogP contribution in [0.1, 0.15) is 33.1 Å². The van der Waals surface area contributed by atoms with Crippen molar-refractivity contribution in [3.05, 3.63) is 0 Å². The zero-order valence-electron chi connectivity index (χ0n) is 8.51. The first kappa shape index (κ1) is 12.2. The molecule has 0 amide bonds. The smallest absolute Gasteiger partial charge is 0.347 e. The van der Waals surface area contributed by atoms with Gasteiger partial charge in [-0.25, -0.2) is 0 Å². The lowest BCUT2D eigenvalue weighted by atomic mass is 9.74. The molecular formula is C10H17ClF2O. The van der Waals surface area contributed by atoms with Gasteiger partial charge in [0.25, 0.3) is 0 Å². The molecule has 14 heavy (non-hydrogen) atoms. The second-order valence-corrected chi connectivity index (χ2v) is 5.02. The van der Waals surface area contributed by atoms with Gasteiger partial charge in [-0.3, -0.25) is 0 Å². The van der Waals surface area contributed by atoms with E-state index in [2.05, 4.69) is 6.92 Å². The maximum Gasteiger partial charge on any atom is 0.347 e. The number of alkyl halides is 3. The van der Waals surface area contributed by atoms with Gasteiger partial charge in [0.1, 0.15) is 6.10 Å². The third-order valence-electron chi connectivity index (χ3n) is 3.42. The third-order valence-corrected chi connectivity index (χ3v) is 3.64. The van der Waals surface area contributed by atoms with Gasteiger partial charge >= 0.3 is 5.38 Å². The van der Waals surface area contributed by atoms with Crippen molar-refractivity contribution in [1.82, 2.24) is 0 Å². The van der Waals surface area contributed by atoms with E-state index in [0.717, 1.165) is 6.42 Å². The molecule has 0 aromatic carbocycles. The van der Waals surface area contributed by atoms with Gasteiger partial charge in [0, 0.05) is 0 Å². The van der Waals surface area contributed by atoms with Crippen LogP contribution in [0, 0.1) is 17.8 Å². The van der Waals surface area contributed by atoms with Crippen LogP contribution in [0.15, 0.2) is 0 Å². The Morgan fingerprint density at radius 3 is 2.29 bits per heavy atom. The van der Waals surface area contributed by atoms with E-state index in [1.807, 2.05) is 6.92 Å². The summed E-state index contributed by atoms with van der Waals surface area (Å²) in [6.45, 7) is 4.15. The maximum absolute atomic E-state index is 12.6. The second-order valence-electron chi connectivity index (χ2n) is 4.51. The van der Waals surface area contributed by atoms with Crippen molar-refractivity contribution < 1.29 is 13.9 Å². The van der Waals surface area contributed by atoms with Crippen LogP contribution in [0.2, 0.25) is 0 Å². The molecule has 0 aromatic rings. The minimum absolute atomic E-state index is 0.353. The van der Waals surface area contributed by atoms with E-state index in [-0.39, 0.29) is 5.92 Å². The summed E-state index contributed by atoms with van der Waals surface area (Å²) in [6, 6.07) is 0. The Morgan fingerprint density at radius 2 is 1.86 bits per heavy atom. The van der Waals surface area contributed by atoms with E-state index in [0.29, 0.717) is 24.7 Å². The molecule has 1 aliphatic carbocycles. The summed E-state index contributed by atoms with van der Waals surface area (Å²) in [7, 11) is 0. The van der Waals surface area contributed by atoms with Crippen LogP contribution in [0.5, 0.6) is 0 Å². The molecular weight excluding hydrogens is 210 g/mol. The molecule has 0 radical (unpaired) electrons. The molecule has 0 aliphatic heterocycles. The van der Waals surface area contributed by atoms with Crippen molar-refractivity contribution in [3.8, 4) is 0 Å². The Labute approximate surface area is 88.4 Å². The van der Waals surface area contributed by atoms with Gasteiger partial charge in [-0.15, -0.1) is 0 Å². The van der Waals surface area contributed by atoms with Crippen LogP contribution < -0.4 is 0 Å². The molecule has 0 aromatic heterocycles. The lowest BCUT2D eigenvalue weighted by molar-refractivity contribution is -0.0847. The van der Waals surface area contributed by atoms with Crippen molar-refractivity contribution in [1.29, 1.82) is 0 Å². The number of halogens is 3. The highest BCUT2D eigenvalue weighted by Gasteiger charge is 2.43. The van der Waals surface area contributed by atoms with E-state index >= 15 is 0 Å². The van der Waals surface area contributed by atoms with Crippen molar-refractivity contribution in [2.75, 3.05) is 0 Å². The Morgan fingerprint density at radius 1 is 1.29 bits per heavy atom. The fourth-order valence-corrected chi connectivity index (χ4v) is 2.32. The predicted molar refractivity (Wildman–Crippen MR) is 52.5 cm³/mol. The highest BCUT2D eigenvalue weighted by Crippen LogP contribution is 2.40. The Kier molecular flexibility index (Phi) is 3.75. The first-order chi connectivity index (χ1) is 6.32. The molecule has 0 heterocycles. The van der Waals surface area contributed by atoms with Crippen molar-refractivity contribution in [2.45, 2.75) is 44.6 Å². The average Bonchev–Trinajstić information content (AvgIpc) is 2.07. The molecule has 4 atom stereocenters. The van der Waals surface area contributed by atoms with Crippen LogP contribution in [0.4, 0.5) is 8.78 Å². The lowest BCUT2D eigenvalue weighted by Gasteiger charge is -2.35. The van der Waals surface area contributed by atoms with Crippen LogP contribution in [0.3, 0.4) is 0 Å². The van der Waals surface area contributed by atoms with Gasteiger partial charge in [0.15, 0.2) is 0 Å². The van der Waals surface area contributed by atoms with Gasteiger partial charge < -0.3 is 5.11 Å². The highest BCUT2D eigenvalue weighted by atomic mass is 35.5. The standard InChI is InChI=1S/C10H17ClF2O/c1-6-3-4-8(5-7(6)2)9(14)10(11,12)13/h6-9,14H,3-5H2,1-2H3. The molecule has 1 saturated carbocycles. The summed E-state index contributed by atoms with van der Waals surface area (Å²) in [4.78, 5) is 0. The lowest BCUT2D eigenvalue weighted by Crippen LogP contribution is -2.38. The molecule has 4 heteroatoms. The Balaban J connectivity index is 2.55. The fraction of sp³-hybridized carbons (Fsp3) is 1.00. The molecule has 84 valence electrons. The summed E-state index contributed by atoms with van der Waals surface area (Å²) >= 11 is 4.82. The molecule has 4 unspecified atom stereocenters. The zero-order valence-corrected chi connectivity index (χ0v) is 9.27. The van der Waals surface area contributed by atoms with E-state index in [4.69, 9.17) is 11.6 Å². The van der Waals surface area contributed by atoms with Crippen LogP contribution in [-0.2, 0) is 0 Å². The molecule has 0 spiro atoms. The molecule has 1 fully saturated rings. The maximum atomic E-state index is 12.6. The topological polar surface area (TPSA) is 20.2 Å². The van der Waals surface area contributed by atoms with Gasteiger partial charge in [0.2, 0.25) is 0 Å². The SMILES string of the molecule is CC1CCC(C(O)C(F)(F)Cl)CC1C. The van der Waals surface area contributed by atoms with E-state index in [9.17, 15) is 13.9 Å². The summed E-state index contributed by atoms with van der Waals surface area (Å²) in [5.74, 6) is 0.596. The van der Waals surface area contributed by atoms with Gasteiger partial charge in [-0.05, 0) is 42.2 Å². The predicted octanol–water partition coefficient (Wildman–Crippen LogP) is 3.25. The summed E-state index contributed by atoms with van der Waals surface area (Å²) < 4.78 is 25.3. The second kappa shape index (κ2) is 4.31. The van der Waals surface area contributed by atoms with Crippen LogP contribution >= 0.6 is 11.6 Å². The minimum Gasteiger partial charge on any atom is -0.385 e. The largest absolute Gasteiger partial charge is 0.385 e. The highest BCUT2D eigenvalue weighted by molar-refractivity contribution is 6.22.